The molecule has 0 spiro atoms. The van der Waals surface area contributed by atoms with Crippen molar-refractivity contribution >= 4 is 34.9 Å². The first kappa shape index (κ1) is 23.8. The van der Waals surface area contributed by atoms with Gasteiger partial charge in [-0.2, -0.15) is 0 Å². The zero-order chi connectivity index (χ0) is 25.5. The summed E-state index contributed by atoms with van der Waals surface area (Å²) in [6.45, 7) is 0. The predicted octanol–water partition coefficient (Wildman–Crippen LogP) is 4.10. The van der Waals surface area contributed by atoms with E-state index in [0.717, 1.165) is 17.5 Å². The molecule has 4 N–H and O–H groups in total. The number of hydrogen-bond donors (Lipinski definition) is 4. The number of hydrogen-bond acceptors (Lipinski definition) is 8. The quantitative estimate of drug-likeness (QED) is 0.203. The minimum absolute atomic E-state index is 0.0641. The minimum Gasteiger partial charge on any atom is -0.478 e. The normalized spacial score (nSPS) is 10.5. The Kier molecular flexibility index (Phi) is 7.11. The third-order valence-corrected chi connectivity index (χ3v) is 5.23. The smallest absolute Gasteiger partial charge is 0.355 e. The molecule has 3 aromatic carbocycles. The second-order valence-corrected chi connectivity index (χ2v) is 7.55. The average molecular weight is 484 g/mol. The van der Waals surface area contributed by atoms with Crippen molar-refractivity contribution < 1.29 is 19.6 Å². The molecule has 1 amide bonds. The maximum absolute atomic E-state index is 13.2. The zero-order valence-corrected chi connectivity index (χ0v) is 18.7. The van der Waals surface area contributed by atoms with Gasteiger partial charge in [-0.3, -0.25) is 25.8 Å². The number of rotatable bonds is 9. The van der Waals surface area contributed by atoms with Gasteiger partial charge in [-0.25, -0.2) is 14.8 Å². The molecular formula is C25H20N6O5. The Morgan fingerprint density at radius 1 is 0.833 bits per heavy atom. The van der Waals surface area contributed by atoms with Crippen molar-refractivity contribution in [2.45, 2.75) is 5.92 Å². The maximum atomic E-state index is 13.2. The first-order chi connectivity index (χ1) is 17.4. The lowest BCUT2D eigenvalue weighted by atomic mass is 9.91. The number of benzene rings is 3. The number of amides is 1. The van der Waals surface area contributed by atoms with Gasteiger partial charge in [-0.05, 0) is 35.4 Å². The monoisotopic (exact) mass is 484 g/mol. The molecule has 4 aromatic rings. The molecule has 0 bridgehead atoms. The summed E-state index contributed by atoms with van der Waals surface area (Å²) in [5.41, 5.74) is 6.51. The van der Waals surface area contributed by atoms with E-state index in [0.29, 0.717) is 5.69 Å². The lowest BCUT2D eigenvalue weighted by Crippen LogP contribution is -2.35. The first-order valence-corrected chi connectivity index (χ1v) is 10.7. The molecule has 0 fully saturated rings. The summed E-state index contributed by atoms with van der Waals surface area (Å²) >= 11 is 0. The second-order valence-electron chi connectivity index (χ2n) is 7.55. The number of nitrogens with zero attached hydrogens (tertiary/aromatic N) is 3. The molecule has 180 valence electrons. The third-order valence-electron chi connectivity index (χ3n) is 5.23. The molecule has 0 unspecified atom stereocenters. The Balaban J connectivity index is 1.57. The van der Waals surface area contributed by atoms with Gasteiger partial charge in [0.25, 0.3) is 0 Å². The zero-order valence-electron chi connectivity index (χ0n) is 18.7. The van der Waals surface area contributed by atoms with Gasteiger partial charge in [0.1, 0.15) is 6.33 Å². The summed E-state index contributed by atoms with van der Waals surface area (Å²) in [7, 11) is 0. The van der Waals surface area contributed by atoms with E-state index < -0.39 is 28.4 Å². The fourth-order valence-electron chi connectivity index (χ4n) is 3.55. The number of hydrazine groups is 1. The third kappa shape index (κ3) is 5.42. The number of carbonyl (C=O) groups excluding carboxylic acids is 1. The van der Waals surface area contributed by atoms with Crippen molar-refractivity contribution in [1.82, 2.24) is 15.4 Å². The molecule has 4 rings (SSSR count). The highest BCUT2D eigenvalue weighted by molar-refractivity contribution is 5.89. The Hall–Kier alpha value is -5.32. The summed E-state index contributed by atoms with van der Waals surface area (Å²) in [4.78, 5) is 43.3. The van der Waals surface area contributed by atoms with E-state index in [9.17, 15) is 19.7 Å². The molecule has 0 saturated carbocycles. The van der Waals surface area contributed by atoms with Gasteiger partial charge >= 0.3 is 11.7 Å². The van der Waals surface area contributed by atoms with Gasteiger partial charge in [-0.1, -0.05) is 60.7 Å². The number of nitro groups is 1. The van der Waals surface area contributed by atoms with Crippen LogP contribution in [0.2, 0.25) is 0 Å². The van der Waals surface area contributed by atoms with Crippen molar-refractivity contribution in [2.24, 2.45) is 0 Å². The molecule has 0 saturated heterocycles. The van der Waals surface area contributed by atoms with Crippen molar-refractivity contribution in [3.05, 3.63) is 118 Å². The number of carboxylic acid groups (broad SMARTS) is 1. The van der Waals surface area contributed by atoms with Crippen LogP contribution in [-0.4, -0.2) is 31.9 Å². The van der Waals surface area contributed by atoms with Crippen LogP contribution in [0.25, 0.3) is 0 Å². The highest BCUT2D eigenvalue weighted by Gasteiger charge is 2.26. The van der Waals surface area contributed by atoms with E-state index in [1.54, 1.807) is 0 Å². The van der Waals surface area contributed by atoms with Crippen molar-refractivity contribution in [3.63, 3.8) is 0 Å². The second kappa shape index (κ2) is 10.7. The molecule has 1 aromatic heterocycles. The lowest BCUT2D eigenvalue weighted by molar-refractivity contribution is -0.383. The van der Waals surface area contributed by atoms with Gasteiger partial charge in [0.05, 0.1) is 16.4 Å². The van der Waals surface area contributed by atoms with Crippen LogP contribution in [0.4, 0.5) is 23.0 Å². The molecule has 1 heterocycles. The largest absolute Gasteiger partial charge is 0.478 e. The van der Waals surface area contributed by atoms with Crippen LogP contribution in [0.1, 0.15) is 27.4 Å². The molecule has 0 aliphatic rings. The molecule has 0 radical (unpaired) electrons. The summed E-state index contributed by atoms with van der Waals surface area (Å²) in [6, 6.07) is 23.9. The molecule has 11 heteroatoms. The van der Waals surface area contributed by atoms with Gasteiger partial charge in [0.2, 0.25) is 17.5 Å². The summed E-state index contributed by atoms with van der Waals surface area (Å²) in [5, 5.41) is 23.7. The van der Waals surface area contributed by atoms with Gasteiger partial charge in [-0.15, -0.1) is 0 Å². The molecule has 0 aliphatic carbocycles. The van der Waals surface area contributed by atoms with Crippen LogP contribution in [0.15, 0.2) is 91.3 Å². The van der Waals surface area contributed by atoms with E-state index >= 15 is 0 Å². The van der Waals surface area contributed by atoms with Crippen molar-refractivity contribution in [3.8, 4) is 0 Å². The maximum Gasteiger partial charge on any atom is 0.355 e. The van der Waals surface area contributed by atoms with E-state index in [1.807, 2.05) is 60.7 Å². The summed E-state index contributed by atoms with van der Waals surface area (Å²) in [6.07, 6.45) is 1.10. The molecule has 36 heavy (non-hydrogen) atoms. The van der Waals surface area contributed by atoms with Crippen LogP contribution in [0.5, 0.6) is 0 Å². The number of carbonyl (C=O) groups is 2. The molecular weight excluding hydrogens is 464 g/mol. The Morgan fingerprint density at radius 3 is 1.92 bits per heavy atom. The average Bonchev–Trinajstić information content (AvgIpc) is 2.89. The van der Waals surface area contributed by atoms with E-state index in [1.165, 1.54) is 24.3 Å². The van der Waals surface area contributed by atoms with Gasteiger partial charge in [0.15, 0.2) is 0 Å². The fraction of sp³-hybridized carbons (Fsp3) is 0.0400. The summed E-state index contributed by atoms with van der Waals surface area (Å²) in [5.74, 6) is -2.59. The Morgan fingerprint density at radius 2 is 1.39 bits per heavy atom. The highest BCUT2D eigenvalue weighted by atomic mass is 16.6. The van der Waals surface area contributed by atoms with E-state index in [-0.39, 0.29) is 17.2 Å². The van der Waals surface area contributed by atoms with Gasteiger partial charge in [0, 0.05) is 5.69 Å². The van der Waals surface area contributed by atoms with Crippen LogP contribution in [-0.2, 0) is 4.79 Å². The SMILES string of the molecule is O=C(O)c1ccc(Nc2ncnc(NNC(=O)C(c3ccccc3)c3ccccc3)c2[N+](=O)[O-])cc1. The lowest BCUT2D eigenvalue weighted by Gasteiger charge is -2.18. The number of aromatic carboxylic acids is 1. The predicted molar refractivity (Wildman–Crippen MR) is 132 cm³/mol. The van der Waals surface area contributed by atoms with Crippen LogP contribution < -0.4 is 16.2 Å². The minimum atomic E-state index is -1.10. The van der Waals surface area contributed by atoms with Gasteiger partial charge < -0.3 is 10.4 Å². The highest BCUT2D eigenvalue weighted by Crippen LogP contribution is 2.31. The summed E-state index contributed by atoms with van der Waals surface area (Å²) < 4.78 is 0. The number of carboxylic acids is 1. The van der Waals surface area contributed by atoms with Crippen LogP contribution in [0, 0.1) is 10.1 Å². The Bertz CT molecular complexity index is 1340. The van der Waals surface area contributed by atoms with Crippen molar-refractivity contribution in [1.29, 1.82) is 0 Å². The number of anilines is 3. The van der Waals surface area contributed by atoms with Crippen LogP contribution >= 0.6 is 0 Å². The molecule has 0 aliphatic heterocycles. The molecule has 0 atom stereocenters. The Labute approximate surface area is 205 Å². The van der Waals surface area contributed by atoms with Crippen molar-refractivity contribution in [2.75, 3.05) is 10.7 Å². The number of aromatic nitrogens is 2. The fourth-order valence-corrected chi connectivity index (χ4v) is 3.55. The molecule has 11 nitrogen and oxygen atoms in total. The number of nitrogens with one attached hydrogen (secondary N) is 3. The first-order valence-electron chi connectivity index (χ1n) is 10.7. The standard InChI is InChI=1S/C25H20N6O5/c32-24(20(16-7-3-1-4-8-16)17-9-5-2-6-10-17)30-29-23-21(31(35)36)22(26-15-27-23)28-19-13-11-18(12-14-19)25(33)34/h1-15,20H,(H,30,32)(H,33,34)(H2,26,27,28,29). The van der Waals surface area contributed by atoms with Crippen LogP contribution in [0.3, 0.4) is 0 Å². The topological polar surface area (TPSA) is 159 Å². The van der Waals surface area contributed by atoms with E-state index in [2.05, 4.69) is 26.1 Å². The van der Waals surface area contributed by atoms with E-state index in [4.69, 9.17) is 5.11 Å².